The molecule has 0 spiro atoms. The van der Waals surface area contributed by atoms with E-state index in [0.717, 1.165) is 42.5 Å². The van der Waals surface area contributed by atoms with Gasteiger partial charge in [0.2, 0.25) is 0 Å². The SMILES string of the molecule is N#Cc1ccc(CN2CCC(c3ccccc3CO)CC2)c(Br)c1. The number of hydrogen-bond acceptors (Lipinski definition) is 3. The van der Waals surface area contributed by atoms with Gasteiger partial charge in [0, 0.05) is 11.0 Å². The summed E-state index contributed by atoms with van der Waals surface area (Å²) in [5, 5.41) is 18.5. The van der Waals surface area contributed by atoms with Crippen molar-refractivity contribution in [3.63, 3.8) is 0 Å². The quantitative estimate of drug-likeness (QED) is 0.859. The van der Waals surface area contributed by atoms with Gasteiger partial charge in [-0.3, -0.25) is 4.90 Å². The summed E-state index contributed by atoms with van der Waals surface area (Å²) in [5.74, 6) is 0.536. The molecule has 0 amide bonds. The Morgan fingerprint density at radius 3 is 2.54 bits per heavy atom. The number of halogens is 1. The Bertz CT molecular complexity index is 746. The van der Waals surface area contributed by atoms with E-state index >= 15 is 0 Å². The maximum atomic E-state index is 9.53. The lowest BCUT2D eigenvalue weighted by Crippen LogP contribution is -2.32. The first-order valence-corrected chi connectivity index (χ1v) is 9.10. The van der Waals surface area contributed by atoms with Crippen LogP contribution in [-0.2, 0) is 13.2 Å². The minimum atomic E-state index is 0.120. The van der Waals surface area contributed by atoms with Crippen molar-refractivity contribution < 1.29 is 5.11 Å². The van der Waals surface area contributed by atoms with E-state index in [0.29, 0.717) is 11.5 Å². The van der Waals surface area contributed by atoms with Crippen LogP contribution in [0, 0.1) is 11.3 Å². The Labute approximate surface area is 151 Å². The molecule has 124 valence electrons. The van der Waals surface area contributed by atoms with Crippen molar-refractivity contribution in [1.29, 1.82) is 5.26 Å². The number of benzene rings is 2. The first-order valence-electron chi connectivity index (χ1n) is 8.31. The van der Waals surface area contributed by atoms with Crippen LogP contribution in [0.5, 0.6) is 0 Å². The number of piperidine rings is 1. The Hall–Kier alpha value is -1.67. The Morgan fingerprint density at radius 2 is 1.88 bits per heavy atom. The van der Waals surface area contributed by atoms with Gasteiger partial charge in [-0.25, -0.2) is 0 Å². The van der Waals surface area contributed by atoms with E-state index in [-0.39, 0.29) is 6.61 Å². The third-order valence-electron chi connectivity index (χ3n) is 4.83. The van der Waals surface area contributed by atoms with Crippen LogP contribution in [0.2, 0.25) is 0 Å². The Morgan fingerprint density at radius 1 is 1.12 bits per heavy atom. The highest BCUT2D eigenvalue weighted by molar-refractivity contribution is 9.10. The monoisotopic (exact) mass is 384 g/mol. The van der Waals surface area contributed by atoms with Gasteiger partial charge in [-0.05, 0) is 60.7 Å². The smallest absolute Gasteiger partial charge is 0.0992 e. The standard InChI is InChI=1S/C20H21BrN2O/c21-20-11-15(12-22)5-6-17(20)13-23-9-7-16(8-10-23)19-4-2-1-3-18(19)14-24/h1-6,11,16,24H,7-10,13-14H2. The lowest BCUT2D eigenvalue weighted by Gasteiger charge is -2.33. The molecule has 0 atom stereocenters. The third-order valence-corrected chi connectivity index (χ3v) is 5.57. The molecule has 0 aromatic heterocycles. The van der Waals surface area contributed by atoms with Gasteiger partial charge in [0.1, 0.15) is 0 Å². The van der Waals surface area contributed by atoms with Gasteiger partial charge in [-0.2, -0.15) is 5.26 Å². The number of hydrogen-bond donors (Lipinski definition) is 1. The second-order valence-corrected chi connectivity index (χ2v) is 7.18. The molecule has 0 radical (unpaired) electrons. The molecule has 0 unspecified atom stereocenters. The molecule has 1 fully saturated rings. The topological polar surface area (TPSA) is 47.3 Å². The highest BCUT2D eigenvalue weighted by Crippen LogP contribution is 2.31. The zero-order chi connectivity index (χ0) is 16.9. The molecular weight excluding hydrogens is 364 g/mol. The van der Waals surface area contributed by atoms with Crippen molar-refractivity contribution in [3.05, 3.63) is 69.2 Å². The van der Waals surface area contributed by atoms with Gasteiger partial charge >= 0.3 is 0 Å². The van der Waals surface area contributed by atoms with E-state index < -0.39 is 0 Å². The molecule has 0 aliphatic carbocycles. The molecule has 1 aliphatic heterocycles. The van der Waals surface area contributed by atoms with Crippen molar-refractivity contribution in [2.24, 2.45) is 0 Å². The zero-order valence-corrected chi connectivity index (χ0v) is 15.2. The van der Waals surface area contributed by atoms with Gasteiger partial charge in [-0.1, -0.05) is 46.3 Å². The van der Waals surface area contributed by atoms with Gasteiger partial charge < -0.3 is 5.11 Å². The number of aliphatic hydroxyl groups is 1. The summed E-state index contributed by atoms with van der Waals surface area (Å²) in [6, 6.07) is 16.2. The van der Waals surface area contributed by atoms with Crippen molar-refractivity contribution in [3.8, 4) is 6.07 Å². The number of nitrogens with zero attached hydrogens (tertiary/aromatic N) is 2. The van der Waals surface area contributed by atoms with E-state index in [9.17, 15) is 5.11 Å². The minimum absolute atomic E-state index is 0.120. The maximum absolute atomic E-state index is 9.53. The molecule has 3 nitrogen and oxygen atoms in total. The minimum Gasteiger partial charge on any atom is -0.392 e. The highest BCUT2D eigenvalue weighted by atomic mass is 79.9. The summed E-state index contributed by atoms with van der Waals surface area (Å²) in [7, 11) is 0. The van der Waals surface area contributed by atoms with Gasteiger partial charge in [-0.15, -0.1) is 0 Å². The third kappa shape index (κ3) is 3.87. The largest absolute Gasteiger partial charge is 0.392 e. The number of rotatable bonds is 4. The number of nitriles is 1. The van der Waals surface area contributed by atoms with Crippen LogP contribution in [0.4, 0.5) is 0 Å². The molecule has 2 aromatic rings. The zero-order valence-electron chi connectivity index (χ0n) is 13.6. The van der Waals surface area contributed by atoms with Gasteiger partial charge in [0.05, 0.1) is 18.2 Å². The first kappa shape index (κ1) is 17.2. The summed E-state index contributed by atoms with van der Waals surface area (Å²) in [5.41, 5.74) is 4.28. The van der Waals surface area contributed by atoms with E-state index in [1.807, 2.05) is 30.3 Å². The van der Waals surface area contributed by atoms with E-state index in [1.54, 1.807) is 0 Å². The predicted octanol–water partition coefficient (Wildman–Crippen LogP) is 4.19. The van der Waals surface area contributed by atoms with Gasteiger partial charge in [0.15, 0.2) is 0 Å². The lowest BCUT2D eigenvalue weighted by molar-refractivity contribution is 0.202. The first-order chi connectivity index (χ1) is 11.7. The predicted molar refractivity (Wildman–Crippen MR) is 98.5 cm³/mol. The van der Waals surface area contributed by atoms with Crippen LogP contribution >= 0.6 is 15.9 Å². The van der Waals surface area contributed by atoms with Crippen molar-refractivity contribution in [2.45, 2.75) is 31.9 Å². The lowest BCUT2D eigenvalue weighted by atomic mass is 9.86. The van der Waals surface area contributed by atoms with E-state index in [4.69, 9.17) is 5.26 Å². The molecule has 1 N–H and O–H groups in total. The fraction of sp³-hybridized carbons (Fsp3) is 0.350. The fourth-order valence-corrected chi connectivity index (χ4v) is 3.97. The van der Waals surface area contributed by atoms with Crippen LogP contribution in [0.25, 0.3) is 0 Å². The summed E-state index contributed by atoms with van der Waals surface area (Å²) < 4.78 is 1.01. The molecule has 2 aromatic carbocycles. The van der Waals surface area contributed by atoms with Crippen LogP contribution in [0.3, 0.4) is 0 Å². The van der Waals surface area contributed by atoms with Gasteiger partial charge in [0.25, 0.3) is 0 Å². The van der Waals surface area contributed by atoms with E-state index in [2.05, 4.69) is 39.0 Å². The van der Waals surface area contributed by atoms with Crippen LogP contribution in [0.1, 0.15) is 41.0 Å². The molecule has 4 heteroatoms. The average molecular weight is 385 g/mol. The second-order valence-electron chi connectivity index (χ2n) is 6.33. The van der Waals surface area contributed by atoms with Crippen LogP contribution in [-0.4, -0.2) is 23.1 Å². The molecule has 0 bridgehead atoms. The van der Waals surface area contributed by atoms with Crippen LogP contribution in [0.15, 0.2) is 46.9 Å². The molecule has 24 heavy (non-hydrogen) atoms. The molecular formula is C20H21BrN2O. The average Bonchev–Trinajstić information content (AvgIpc) is 2.64. The normalized spacial score (nSPS) is 16.0. The Kier molecular flexibility index (Phi) is 5.68. The van der Waals surface area contributed by atoms with Crippen molar-refractivity contribution in [1.82, 2.24) is 4.90 Å². The van der Waals surface area contributed by atoms with E-state index in [1.165, 1.54) is 11.1 Å². The summed E-state index contributed by atoms with van der Waals surface area (Å²) in [4.78, 5) is 2.46. The Balaban J connectivity index is 1.62. The molecule has 1 saturated heterocycles. The summed E-state index contributed by atoms with van der Waals surface area (Å²) >= 11 is 3.58. The molecule has 1 aliphatic rings. The fourth-order valence-electron chi connectivity index (χ4n) is 3.46. The molecule has 1 heterocycles. The molecule has 3 rings (SSSR count). The summed E-state index contributed by atoms with van der Waals surface area (Å²) in [6.07, 6.45) is 2.23. The van der Waals surface area contributed by atoms with Crippen LogP contribution < -0.4 is 0 Å². The van der Waals surface area contributed by atoms with Crippen molar-refractivity contribution >= 4 is 15.9 Å². The maximum Gasteiger partial charge on any atom is 0.0992 e. The highest BCUT2D eigenvalue weighted by Gasteiger charge is 2.22. The second kappa shape index (κ2) is 7.94. The molecule has 0 saturated carbocycles. The number of aliphatic hydroxyl groups excluding tert-OH is 1. The number of likely N-dealkylation sites (tertiary alicyclic amines) is 1. The summed E-state index contributed by atoms with van der Waals surface area (Å²) in [6.45, 7) is 3.13. The van der Waals surface area contributed by atoms with Crippen molar-refractivity contribution in [2.75, 3.05) is 13.1 Å².